The highest BCUT2D eigenvalue weighted by atomic mass is 16.6. The number of hydrogen-bond donors (Lipinski definition) is 0. The third-order valence-corrected chi connectivity index (χ3v) is 2.35. The molecule has 0 aliphatic carbocycles. The third kappa shape index (κ3) is 1.97. The van der Waals surface area contributed by atoms with Gasteiger partial charge in [-0.25, -0.2) is 4.79 Å². The number of rotatable bonds is 3. The van der Waals surface area contributed by atoms with Crippen molar-refractivity contribution in [1.82, 2.24) is 4.57 Å². The van der Waals surface area contributed by atoms with Crippen LogP contribution in [0.1, 0.15) is 0 Å². The second-order valence-corrected chi connectivity index (χ2v) is 3.61. The zero-order valence-corrected chi connectivity index (χ0v) is 8.84. The summed E-state index contributed by atoms with van der Waals surface area (Å²) in [5.41, 5.74) is 0.862. The second kappa shape index (κ2) is 3.94. The van der Waals surface area contributed by atoms with Crippen molar-refractivity contribution in [2.45, 2.75) is 6.10 Å². The Kier molecular flexibility index (Phi) is 2.64. The van der Waals surface area contributed by atoms with E-state index in [-0.39, 0.29) is 12.2 Å². The minimum atomic E-state index is -0.303. The molecule has 2 heterocycles. The molecule has 82 valence electrons. The Labute approximate surface area is 88.2 Å². The maximum Gasteiger partial charge on any atom is 0.414 e. The van der Waals surface area contributed by atoms with Crippen LogP contribution in [0.2, 0.25) is 0 Å². The lowest BCUT2D eigenvalue weighted by Gasteiger charge is -2.09. The summed E-state index contributed by atoms with van der Waals surface area (Å²) in [4.78, 5) is 13.1. The number of anilines is 1. The fourth-order valence-electron chi connectivity index (χ4n) is 1.65. The maximum absolute atomic E-state index is 11.5. The van der Waals surface area contributed by atoms with Crippen LogP contribution in [0, 0.1) is 0 Å². The Hall–Kier alpha value is -1.49. The molecule has 1 aliphatic heterocycles. The van der Waals surface area contributed by atoms with Crippen molar-refractivity contribution in [2.24, 2.45) is 7.05 Å². The first-order valence-corrected chi connectivity index (χ1v) is 4.80. The quantitative estimate of drug-likeness (QED) is 0.747. The molecule has 1 amide bonds. The van der Waals surface area contributed by atoms with Crippen LogP contribution in [0.4, 0.5) is 10.5 Å². The van der Waals surface area contributed by atoms with E-state index in [4.69, 9.17) is 9.47 Å². The van der Waals surface area contributed by atoms with Gasteiger partial charge in [0.15, 0.2) is 0 Å². The maximum atomic E-state index is 11.5. The average molecular weight is 210 g/mol. The van der Waals surface area contributed by atoms with E-state index in [1.165, 1.54) is 0 Å². The van der Waals surface area contributed by atoms with Gasteiger partial charge in [0.1, 0.15) is 6.10 Å². The van der Waals surface area contributed by atoms with Gasteiger partial charge in [0.2, 0.25) is 0 Å². The monoisotopic (exact) mass is 210 g/mol. The molecule has 15 heavy (non-hydrogen) atoms. The third-order valence-electron chi connectivity index (χ3n) is 2.35. The topological polar surface area (TPSA) is 43.7 Å². The van der Waals surface area contributed by atoms with Crippen LogP contribution < -0.4 is 4.90 Å². The molecule has 2 rings (SSSR count). The highest BCUT2D eigenvalue weighted by Gasteiger charge is 2.32. The Bertz CT molecular complexity index is 361. The first-order valence-electron chi connectivity index (χ1n) is 4.80. The molecule has 1 aromatic rings. The van der Waals surface area contributed by atoms with Crippen LogP contribution >= 0.6 is 0 Å². The van der Waals surface area contributed by atoms with Crippen molar-refractivity contribution < 1.29 is 14.3 Å². The summed E-state index contributed by atoms with van der Waals surface area (Å²) in [6.07, 6.45) is 3.31. The van der Waals surface area contributed by atoms with Gasteiger partial charge in [-0.1, -0.05) is 0 Å². The highest BCUT2D eigenvalue weighted by molar-refractivity contribution is 5.89. The van der Waals surface area contributed by atoms with E-state index in [0.717, 1.165) is 5.69 Å². The number of carbonyl (C=O) groups excluding carboxylic acids is 1. The van der Waals surface area contributed by atoms with Crippen molar-refractivity contribution >= 4 is 11.8 Å². The van der Waals surface area contributed by atoms with E-state index < -0.39 is 0 Å². The van der Waals surface area contributed by atoms with E-state index >= 15 is 0 Å². The van der Waals surface area contributed by atoms with Gasteiger partial charge < -0.3 is 14.0 Å². The number of ether oxygens (including phenoxy) is 2. The zero-order valence-electron chi connectivity index (χ0n) is 8.84. The largest absolute Gasteiger partial charge is 0.441 e. The normalized spacial score (nSPS) is 20.8. The number of nitrogens with zero attached hydrogens (tertiary/aromatic N) is 2. The van der Waals surface area contributed by atoms with E-state index in [2.05, 4.69) is 0 Å². The number of aromatic nitrogens is 1. The first kappa shape index (κ1) is 10.0. The number of cyclic esters (lactones) is 1. The van der Waals surface area contributed by atoms with Gasteiger partial charge >= 0.3 is 6.09 Å². The number of aryl methyl sites for hydroxylation is 1. The summed E-state index contributed by atoms with van der Waals surface area (Å²) in [6, 6.07) is 1.89. The van der Waals surface area contributed by atoms with Crippen molar-refractivity contribution in [3.8, 4) is 0 Å². The van der Waals surface area contributed by atoms with E-state index in [1.54, 1.807) is 12.0 Å². The summed E-state index contributed by atoms with van der Waals surface area (Å²) >= 11 is 0. The fraction of sp³-hybridized carbons (Fsp3) is 0.500. The zero-order chi connectivity index (χ0) is 10.8. The number of carbonyl (C=O) groups is 1. The standard InChI is InChI=1S/C10H14N2O3/c1-11-4-3-8(5-11)12-6-9(7-14-2)15-10(12)13/h3-5,9H,6-7H2,1-2H3/t9-/m1/s1. The predicted molar refractivity (Wildman–Crippen MR) is 54.9 cm³/mol. The molecule has 5 nitrogen and oxygen atoms in total. The number of amides is 1. The molecule has 1 atom stereocenters. The lowest BCUT2D eigenvalue weighted by molar-refractivity contribution is 0.0718. The summed E-state index contributed by atoms with van der Waals surface area (Å²) in [7, 11) is 3.51. The second-order valence-electron chi connectivity index (χ2n) is 3.61. The van der Waals surface area contributed by atoms with Gasteiger partial charge in [0.25, 0.3) is 0 Å². The van der Waals surface area contributed by atoms with Gasteiger partial charge in [-0.2, -0.15) is 0 Å². The molecule has 0 radical (unpaired) electrons. The Morgan fingerprint density at radius 1 is 1.67 bits per heavy atom. The SMILES string of the molecule is COC[C@H]1CN(c2ccn(C)c2)C(=O)O1. The molecule has 5 heteroatoms. The predicted octanol–water partition coefficient (Wildman–Crippen LogP) is 0.997. The summed E-state index contributed by atoms with van der Waals surface area (Å²) in [6.45, 7) is 0.992. The van der Waals surface area contributed by atoms with Crippen molar-refractivity contribution in [1.29, 1.82) is 0 Å². The van der Waals surface area contributed by atoms with Crippen LogP contribution in [0.15, 0.2) is 18.5 Å². The molecule has 0 N–H and O–H groups in total. The molecule has 0 unspecified atom stereocenters. The Balaban J connectivity index is 2.08. The summed E-state index contributed by atoms with van der Waals surface area (Å²) < 4.78 is 12.0. The molecule has 1 aliphatic rings. The minimum absolute atomic E-state index is 0.164. The molecular weight excluding hydrogens is 196 g/mol. The number of hydrogen-bond acceptors (Lipinski definition) is 3. The molecule has 1 saturated heterocycles. The first-order chi connectivity index (χ1) is 7.20. The molecule has 0 bridgehead atoms. The molecule has 1 aromatic heterocycles. The van der Waals surface area contributed by atoms with E-state index in [9.17, 15) is 4.79 Å². The Morgan fingerprint density at radius 3 is 3.07 bits per heavy atom. The van der Waals surface area contributed by atoms with Gasteiger partial charge in [-0.3, -0.25) is 4.90 Å². The van der Waals surface area contributed by atoms with Gasteiger partial charge in [0.05, 0.1) is 18.8 Å². The van der Waals surface area contributed by atoms with Crippen molar-refractivity contribution in [2.75, 3.05) is 25.2 Å². The van der Waals surface area contributed by atoms with Gasteiger partial charge in [-0.05, 0) is 6.07 Å². The van der Waals surface area contributed by atoms with Crippen LogP contribution in [0.3, 0.4) is 0 Å². The summed E-state index contributed by atoms with van der Waals surface area (Å²) in [5, 5.41) is 0. The van der Waals surface area contributed by atoms with Gasteiger partial charge in [-0.15, -0.1) is 0 Å². The van der Waals surface area contributed by atoms with E-state index in [1.807, 2.05) is 30.1 Å². The minimum Gasteiger partial charge on any atom is -0.441 e. The highest BCUT2D eigenvalue weighted by Crippen LogP contribution is 2.21. The Morgan fingerprint density at radius 2 is 2.47 bits per heavy atom. The fourth-order valence-corrected chi connectivity index (χ4v) is 1.65. The van der Waals surface area contributed by atoms with Crippen LogP contribution in [-0.2, 0) is 16.5 Å². The van der Waals surface area contributed by atoms with Crippen molar-refractivity contribution in [3.05, 3.63) is 18.5 Å². The van der Waals surface area contributed by atoms with E-state index in [0.29, 0.717) is 13.2 Å². The summed E-state index contributed by atoms with van der Waals surface area (Å²) in [5.74, 6) is 0. The van der Waals surface area contributed by atoms with Crippen LogP contribution in [-0.4, -0.2) is 37.0 Å². The molecule has 0 spiro atoms. The van der Waals surface area contributed by atoms with Gasteiger partial charge in [0, 0.05) is 26.6 Å². The lowest BCUT2D eigenvalue weighted by atomic mass is 10.3. The van der Waals surface area contributed by atoms with Crippen LogP contribution in [0.25, 0.3) is 0 Å². The lowest BCUT2D eigenvalue weighted by Crippen LogP contribution is -2.25. The average Bonchev–Trinajstić information content (AvgIpc) is 2.73. The molecule has 0 saturated carbocycles. The number of methoxy groups -OCH3 is 1. The molecule has 1 fully saturated rings. The smallest absolute Gasteiger partial charge is 0.414 e. The van der Waals surface area contributed by atoms with Crippen LogP contribution in [0.5, 0.6) is 0 Å². The molecular formula is C10H14N2O3. The van der Waals surface area contributed by atoms with Crippen molar-refractivity contribution in [3.63, 3.8) is 0 Å². The molecule has 0 aromatic carbocycles.